The van der Waals surface area contributed by atoms with Gasteiger partial charge in [0.15, 0.2) is 5.16 Å². The van der Waals surface area contributed by atoms with Crippen LogP contribution in [0.25, 0.3) is 0 Å². The van der Waals surface area contributed by atoms with Crippen molar-refractivity contribution in [3.63, 3.8) is 0 Å². The number of carboxylic acid groups (broad SMARTS) is 1. The molecule has 1 aromatic rings. The second kappa shape index (κ2) is 5.97. The molecule has 1 heterocycles. The Morgan fingerprint density at radius 1 is 1.47 bits per heavy atom. The summed E-state index contributed by atoms with van der Waals surface area (Å²) in [5.74, 6) is 0.111. The Balaban J connectivity index is 2.74. The van der Waals surface area contributed by atoms with E-state index in [1.165, 1.54) is 11.8 Å². The highest BCUT2D eigenvalue weighted by Crippen LogP contribution is 2.20. The number of carboxylic acids is 1. The largest absolute Gasteiger partial charge is 0.481 e. The highest BCUT2D eigenvalue weighted by atomic mass is 32.2. The first-order chi connectivity index (χ1) is 7.11. The zero-order chi connectivity index (χ0) is 11.3. The van der Waals surface area contributed by atoms with Gasteiger partial charge in [-0.2, -0.15) is 0 Å². The SMILES string of the molecule is CCSc1nc(C)cc(SCC(=O)O)n1. The first-order valence-electron chi connectivity index (χ1n) is 4.45. The molecule has 0 bridgehead atoms. The summed E-state index contributed by atoms with van der Waals surface area (Å²) in [7, 11) is 0. The van der Waals surface area contributed by atoms with Gasteiger partial charge in [0.2, 0.25) is 0 Å². The third kappa shape index (κ3) is 4.53. The third-order valence-electron chi connectivity index (χ3n) is 1.43. The highest BCUT2D eigenvalue weighted by Gasteiger charge is 2.05. The van der Waals surface area contributed by atoms with E-state index in [-0.39, 0.29) is 5.75 Å². The molecule has 6 heteroatoms. The van der Waals surface area contributed by atoms with E-state index in [0.29, 0.717) is 5.16 Å². The first kappa shape index (κ1) is 12.3. The fraction of sp³-hybridized carbons (Fsp3) is 0.444. The van der Waals surface area contributed by atoms with Crippen molar-refractivity contribution >= 4 is 29.5 Å². The number of thioether (sulfide) groups is 2. The lowest BCUT2D eigenvalue weighted by Crippen LogP contribution is -1.99. The van der Waals surface area contributed by atoms with Crippen LogP contribution in [0.1, 0.15) is 12.6 Å². The average molecular weight is 244 g/mol. The van der Waals surface area contributed by atoms with Crippen LogP contribution in [0.2, 0.25) is 0 Å². The molecule has 0 aliphatic carbocycles. The topological polar surface area (TPSA) is 63.1 Å². The van der Waals surface area contributed by atoms with Crippen LogP contribution in [0.15, 0.2) is 16.2 Å². The van der Waals surface area contributed by atoms with Gasteiger partial charge < -0.3 is 5.11 Å². The van der Waals surface area contributed by atoms with Gasteiger partial charge in [0.25, 0.3) is 0 Å². The molecule has 0 radical (unpaired) electrons. The van der Waals surface area contributed by atoms with Crippen LogP contribution in [0, 0.1) is 6.92 Å². The van der Waals surface area contributed by atoms with Crippen molar-refractivity contribution < 1.29 is 9.90 Å². The average Bonchev–Trinajstić information content (AvgIpc) is 2.14. The van der Waals surface area contributed by atoms with E-state index < -0.39 is 5.97 Å². The summed E-state index contributed by atoms with van der Waals surface area (Å²) < 4.78 is 0. The molecule has 0 saturated heterocycles. The lowest BCUT2D eigenvalue weighted by atomic mass is 10.5. The summed E-state index contributed by atoms with van der Waals surface area (Å²) in [5, 5.41) is 9.98. The molecular weight excluding hydrogens is 232 g/mol. The van der Waals surface area contributed by atoms with Crippen LogP contribution in [0.5, 0.6) is 0 Å². The summed E-state index contributed by atoms with van der Waals surface area (Å²) >= 11 is 2.77. The minimum Gasteiger partial charge on any atom is -0.481 e. The molecule has 0 aliphatic rings. The van der Waals surface area contributed by atoms with Crippen molar-refractivity contribution in [2.45, 2.75) is 24.0 Å². The van der Waals surface area contributed by atoms with E-state index in [1.54, 1.807) is 17.8 Å². The molecule has 1 N–H and O–H groups in total. The summed E-state index contributed by atoms with van der Waals surface area (Å²) in [4.78, 5) is 18.9. The lowest BCUT2D eigenvalue weighted by molar-refractivity contribution is -0.133. The number of hydrogen-bond donors (Lipinski definition) is 1. The van der Waals surface area contributed by atoms with Gasteiger partial charge in [0.1, 0.15) is 5.03 Å². The number of hydrogen-bond acceptors (Lipinski definition) is 5. The molecule has 0 unspecified atom stereocenters. The summed E-state index contributed by atoms with van der Waals surface area (Å²) in [6, 6.07) is 1.80. The van der Waals surface area contributed by atoms with Crippen LogP contribution in [-0.4, -0.2) is 32.5 Å². The Hall–Kier alpha value is -0.750. The third-order valence-corrected chi connectivity index (χ3v) is 3.05. The van der Waals surface area contributed by atoms with Crippen LogP contribution in [-0.2, 0) is 4.79 Å². The van der Waals surface area contributed by atoms with Crippen LogP contribution in [0.4, 0.5) is 0 Å². The Morgan fingerprint density at radius 3 is 2.80 bits per heavy atom. The number of carbonyl (C=O) groups is 1. The molecule has 1 rings (SSSR count). The van der Waals surface area contributed by atoms with Gasteiger partial charge in [-0.1, -0.05) is 30.4 Å². The summed E-state index contributed by atoms with van der Waals surface area (Å²) in [6.07, 6.45) is 0. The van der Waals surface area contributed by atoms with E-state index in [4.69, 9.17) is 5.11 Å². The van der Waals surface area contributed by atoms with E-state index in [2.05, 4.69) is 9.97 Å². The number of aromatic nitrogens is 2. The van der Waals surface area contributed by atoms with Gasteiger partial charge in [0.05, 0.1) is 5.75 Å². The maximum absolute atomic E-state index is 10.4. The minimum atomic E-state index is -0.832. The maximum Gasteiger partial charge on any atom is 0.313 e. The van der Waals surface area contributed by atoms with E-state index in [1.807, 2.05) is 13.8 Å². The van der Waals surface area contributed by atoms with Gasteiger partial charge in [-0.3, -0.25) is 4.79 Å². The molecule has 82 valence electrons. The van der Waals surface area contributed by atoms with Crippen molar-refractivity contribution in [2.75, 3.05) is 11.5 Å². The normalized spacial score (nSPS) is 10.3. The molecule has 0 spiro atoms. The van der Waals surface area contributed by atoms with Crippen molar-refractivity contribution in [3.8, 4) is 0 Å². The molecule has 4 nitrogen and oxygen atoms in total. The van der Waals surface area contributed by atoms with Gasteiger partial charge in [-0.05, 0) is 18.7 Å². The fourth-order valence-electron chi connectivity index (χ4n) is 0.917. The molecule has 0 fully saturated rings. The smallest absolute Gasteiger partial charge is 0.313 e. The molecule has 0 saturated carbocycles. The van der Waals surface area contributed by atoms with Gasteiger partial charge in [-0.15, -0.1) is 0 Å². The molecule has 0 aromatic carbocycles. The Morgan fingerprint density at radius 2 is 2.20 bits per heavy atom. The fourth-order valence-corrected chi connectivity index (χ4v) is 2.28. The van der Waals surface area contributed by atoms with Gasteiger partial charge >= 0.3 is 5.97 Å². The second-order valence-corrected chi connectivity index (χ2v) is 4.97. The molecule has 0 amide bonds. The van der Waals surface area contributed by atoms with Crippen molar-refractivity contribution in [1.82, 2.24) is 9.97 Å². The number of rotatable bonds is 5. The monoisotopic (exact) mass is 244 g/mol. The summed E-state index contributed by atoms with van der Waals surface area (Å²) in [6.45, 7) is 3.91. The molecule has 0 atom stereocenters. The number of nitrogens with zero attached hydrogens (tertiary/aromatic N) is 2. The molecule has 15 heavy (non-hydrogen) atoms. The van der Waals surface area contributed by atoms with Gasteiger partial charge in [-0.25, -0.2) is 9.97 Å². The van der Waals surface area contributed by atoms with Crippen molar-refractivity contribution in [1.29, 1.82) is 0 Å². The Labute approximate surface area is 96.9 Å². The van der Waals surface area contributed by atoms with Crippen molar-refractivity contribution in [3.05, 3.63) is 11.8 Å². The minimum absolute atomic E-state index is 0.0344. The molecular formula is C9H12N2O2S2. The predicted octanol–water partition coefficient (Wildman–Crippen LogP) is 2.07. The zero-order valence-corrected chi connectivity index (χ0v) is 10.2. The van der Waals surface area contributed by atoms with E-state index in [9.17, 15) is 4.79 Å². The van der Waals surface area contributed by atoms with E-state index >= 15 is 0 Å². The summed E-state index contributed by atoms with van der Waals surface area (Å²) in [5.41, 5.74) is 0.869. The standard InChI is InChI=1S/C9H12N2O2S2/c1-3-14-9-10-6(2)4-7(11-9)15-5-8(12)13/h4H,3,5H2,1-2H3,(H,12,13). The van der Waals surface area contributed by atoms with Gasteiger partial charge in [0, 0.05) is 5.69 Å². The highest BCUT2D eigenvalue weighted by molar-refractivity contribution is 8.00. The quantitative estimate of drug-likeness (QED) is 0.486. The van der Waals surface area contributed by atoms with Crippen molar-refractivity contribution in [2.24, 2.45) is 0 Å². The van der Waals surface area contributed by atoms with E-state index in [0.717, 1.165) is 16.5 Å². The maximum atomic E-state index is 10.4. The number of aryl methyl sites for hydroxylation is 1. The number of aliphatic carboxylic acids is 1. The zero-order valence-electron chi connectivity index (χ0n) is 8.56. The Bertz CT molecular complexity index is 358. The van der Waals surface area contributed by atoms with Crippen LogP contribution >= 0.6 is 23.5 Å². The Kier molecular flexibility index (Phi) is 4.90. The predicted molar refractivity (Wildman–Crippen MR) is 61.5 cm³/mol. The molecule has 1 aromatic heterocycles. The first-order valence-corrected chi connectivity index (χ1v) is 6.42. The lowest BCUT2D eigenvalue weighted by Gasteiger charge is -2.02. The second-order valence-electron chi connectivity index (χ2n) is 2.75. The van der Waals surface area contributed by atoms with Crippen LogP contribution in [0.3, 0.4) is 0 Å². The molecule has 0 aliphatic heterocycles. The van der Waals surface area contributed by atoms with Crippen LogP contribution < -0.4 is 0 Å².